The Hall–Kier alpha value is -1.59. The largest absolute Gasteiger partial charge is 0.497 e. The molecule has 0 spiro atoms. The molecule has 2 aromatic heterocycles. The van der Waals surface area contributed by atoms with Crippen LogP contribution < -0.4 is 4.74 Å². The van der Waals surface area contributed by atoms with E-state index in [0.717, 1.165) is 41.3 Å². The van der Waals surface area contributed by atoms with E-state index in [2.05, 4.69) is 19.9 Å². The van der Waals surface area contributed by atoms with Gasteiger partial charge in [0, 0.05) is 23.7 Å². The standard InChI is InChI=1S/C14H14ClN3OS/c1-19-11-2-3-13-12(6-11)17-14(4-5-15)18(13)7-10-8-20-9-16-10/h2-3,6,8-9H,4-5,7H2,1H3. The lowest BCUT2D eigenvalue weighted by atomic mass is 10.3. The van der Waals surface area contributed by atoms with E-state index in [-0.39, 0.29) is 0 Å². The molecule has 4 nitrogen and oxygen atoms in total. The molecule has 0 N–H and O–H groups in total. The minimum Gasteiger partial charge on any atom is -0.497 e. The molecule has 0 bridgehead atoms. The number of halogens is 1. The van der Waals surface area contributed by atoms with Gasteiger partial charge in [-0.2, -0.15) is 0 Å². The molecule has 0 amide bonds. The molecule has 0 saturated heterocycles. The maximum Gasteiger partial charge on any atom is 0.121 e. The summed E-state index contributed by atoms with van der Waals surface area (Å²) in [6, 6.07) is 5.93. The highest BCUT2D eigenvalue weighted by atomic mass is 35.5. The van der Waals surface area contributed by atoms with Gasteiger partial charge in [-0.3, -0.25) is 0 Å². The van der Waals surface area contributed by atoms with Crippen LogP contribution in [0.25, 0.3) is 11.0 Å². The summed E-state index contributed by atoms with van der Waals surface area (Å²) < 4.78 is 7.42. The van der Waals surface area contributed by atoms with Crippen molar-refractivity contribution >= 4 is 34.0 Å². The molecule has 6 heteroatoms. The highest BCUT2D eigenvalue weighted by molar-refractivity contribution is 7.07. The maximum absolute atomic E-state index is 5.88. The molecule has 1 aromatic carbocycles. The SMILES string of the molecule is COc1ccc2c(c1)nc(CCCl)n2Cc1cscn1. The number of alkyl halides is 1. The number of methoxy groups -OCH3 is 1. The Morgan fingerprint density at radius 2 is 2.30 bits per heavy atom. The van der Waals surface area contributed by atoms with Crippen molar-refractivity contribution in [3.05, 3.63) is 40.6 Å². The zero-order chi connectivity index (χ0) is 13.9. The van der Waals surface area contributed by atoms with Crippen molar-refractivity contribution in [2.24, 2.45) is 0 Å². The van der Waals surface area contributed by atoms with Gasteiger partial charge >= 0.3 is 0 Å². The second kappa shape index (κ2) is 5.81. The average molecular weight is 308 g/mol. The molecule has 104 valence electrons. The Bertz CT molecular complexity index is 709. The number of hydrogen-bond donors (Lipinski definition) is 0. The first-order valence-electron chi connectivity index (χ1n) is 6.28. The van der Waals surface area contributed by atoms with E-state index >= 15 is 0 Å². The van der Waals surface area contributed by atoms with Crippen molar-refractivity contribution < 1.29 is 4.74 Å². The third-order valence-corrected chi connectivity index (χ3v) is 3.98. The normalized spacial score (nSPS) is 11.1. The van der Waals surface area contributed by atoms with E-state index in [1.54, 1.807) is 18.4 Å². The Labute approximate surface area is 126 Å². The number of benzene rings is 1. The van der Waals surface area contributed by atoms with Gasteiger partial charge in [-0.1, -0.05) is 0 Å². The summed E-state index contributed by atoms with van der Waals surface area (Å²) in [4.78, 5) is 9.01. The summed E-state index contributed by atoms with van der Waals surface area (Å²) in [5.74, 6) is 2.35. The van der Waals surface area contributed by atoms with Crippen molar-refractivity contribution in [3.63, 3.8) is 0 Å². The number of nitrogens with zero attached hydrogens (tertiary/aromatic N) is 3. The molecule has 3 aromatic rings. The van der Waals surface area contributed by atoms with Gasteiger partial charge in [0.05, 0.1) is 35.9 Å². The molecule has 0 radical (unpaired) electrons. The second-order valence-corrected chi connectivity index (χ2v) is 5.48. The summed E-state index contributed by atoms with van der Waals surface area (Å²) in [6.45, 7) is 0.721. The van der Waals surface area contributed by atoms with Crippen molar-refractivity contribution in [2.75, 3.05) is 13.0 Å². The molecule has 3 rings (SSSR count). The fourth-order valence-electron chi connectivity index (χ4n) is 2.22. The van der Waals surface area contributed by atoms with E-state index in [1.165, 1.54) is 0 Å². The molecule has 0 atom stereocenters. The van der Waals surface area contributed by atoms with Crippen LogP contribution >= 0.6 is 22.9 Å². The summed E-state index contributed by atoms with van der Waals surface area (Å²) in [7, 11) is 1.66. The third-order valence-electron chi connectivity index (χ3n) is 3.16. The monoisotopic (exact) mass is 307 g/mol. The van der Waals surface area contributed by atoms with Crippen molar-refractivity contribution in [1.29, 1.82) is 0 Å². The number of aryl methyl sites for hydroxylation is 1. The lowest BCUT2D eigenvalue weighted by Gasteiger charge is -2.06. The number of rotatable bonds is 5. The number of thiazole rings is 1. The van der Waals surface area contributed by atoms with Gasteiger partial charge in [0.25, 0.3) is 0 Å². The highest BCUT2D eigenvalue weighted by Crippen LogP contribution is 2.23. The van der Waals surface area contributed by atoms with Gasteiger partial charge in [-0.05, 0) is 12.1 Å². The van der Waals surface area contributed by atoms with Crippen LogP contribution in [0.4, 0.5) is 0 Å². The summed E-state index contributed by atoms with van der Waals surface area (Å²) in [5, 5.41) is 2.06. The summed E-state index contributed by atoms with van der Waals surface area (Å²) in [5.41, 5.74) is 4.90. The molecular formula is C14H14ClN3OS. The fourth-order valence-corrected chi connectivity index (χ4v) is 2.93. The van der Waals surface area contributed by atoms with E-state index in [1.807, 2.05) is 23.7 Å². The highest BCUT2D eigenvalue weighted by Gasteiger charge is 2.12. The molecule has 0 aliphatic heterocycles. The number of aromatic nitrogens is 3. The van der Waals surface area contributed by atoms with Gasteiger partial charge in [0.2, 0.25) is 0 Å². The molecule has 0 fully saturated rings. The van der Waals surface area contributed by atoms with Gasteiger partial charge in [-0.15, -0.1) is 22.9 Å². The van der Waals surface area contributed by atoms with Crippen molar-refractivity contribution in [3.8, 4) is 5.75 Å². The molecule has 20 heavy (non-hydrogen) atoms. The summed E-state index contributed by atoms with van der Waals surface area (Å²) in [6.07, 6.45) is 0.739. The zero-order valence-electron chi connectivity index (χ0n) is 11.0. The average Bonchev–Trinajstić information content (AvgIpc) is 3.08. The van der Waals surface area contributed by atoms with Crippen LogP contribution in [-0.4, -0.2) is 27.5 Å². The van der Waals surface area contributed by atoms with E-state index in [4.69, 9.17) is 16.3 Å². The molecule has 0 aliphatic rings. The smallest absolute Gasteiger partial charge is 0.121 e. The van der Waals surface area contributed by atoms with Crippen molar-refractivity contribution in [2.45, 2.75) is 13.0 Å². The molecular weight excluding hydrogens is 294 g/mol. The van der Waals surface area contributed by atoms with E-state index < -0.39 is 0 Å². The Morgan fingerprint density at radius 1 is 1.40 bits per heavy atom. The number of fused-ring (bicyclic) bond motifs is 1. The van der Waals surface area contributed by atoms with Crippen LogP contribution in [0.15, 0.2) is 29.1 Å². The predicted molar refractivity (Wildman–Crippen MR) is 81.9 cm³/mol. The minimum absolute atomic E-state index is 0.553. The topological polar surface area (TPSA) is 39.9 Å². The van der Waals surface area contributed by atoms with E-state index in [9.17, 15) is 0 Å². The summed E-state index contributed by atoms with van der Waals surface area (Å²) >= 11 is 7.49. The number of imidazole rings is 1. The first kappa shape index (κ1) is 13.4. The van der Waals surface area contributed by atoms with Gasteiger partial charge in [0.1, 0.15) is 11.6 Å². The Kier molecular flexibility index (Phi) is 3.89. The first-order valence-corrected chi connectivity index (χ1v) is 7.75. The fraction of sp³-hybridized carbons (Fsp3) is 0.286. The zero-order valence-corrected chi connectivity index (χ0v) is 12.6. The lowest BCUT2D eigenvalue weighted by molar-refractivity contribution is 0.415. The predicted octanol–water partition coefficient (Wildman–Crippen LogP) is 3.33. The van der Waals surface area contributed by atoms with Gasteiger partial charge in [-0.25, -0.2) is 9.97 Å². The Balaban J connectivity index is 2.08. The van der Waals surface area contributed by atoms with E-state index in [0.29, 0.717) is 5.88 Å². The molecule has 0 saturated carbocycles. The number of hydrogen-bond acceptors (Lipinski definition) is 4. The van der Waals surface area contributed by atoms with Crippen LogP contribution in [0.1, 0.15) is 11.5 Å². The lowest BCUT2D eigenvalue weighted by Crippen LogP contribution is -2.06. The number of ether oxygens (including phenoxy) is 1. The maximum atomic E-state index is 5.88. The molecule has 0 aliphatic carbocycles. The van der Waals surface area contributed by atoms with Crippen LogP contribution in [0, 0.1) is 0 Å². The quantitative estimate of drug-likeness (QED) is 0.679. The first-order chi connectivity index (χ1) is 9.81. The van der Waals surface area contributed by atoms with Crippen LogP contribution in [0.3, 0.4) is 0 Å². The van der Waals surface area contributed by atoms with Gasteiger partial charge < -0.3 is 9.30 Å². The molecule has 2 heterocycles. The molecule has 0 unspecified atom stereocenters. The third kappa shape index (κ3) is 2.51. The van der Waals surface area contributed by atoms with Crippen LogP contribution in [-0.2, 0) is 13.0 Å². The van der Waals surface area contributed by atoms with Crippen LogP contribution in [0.2, 0.25) is 0 Å². The minimum atomic E-state index is 0.553. The van der Waals surface area contributed by atoms with Gasteiger partial charge in [0.15, 0.2) is 0 Å². The van der Waals surface area contributed by atoms with Crippen molar-refractivity contribution in [1.82, 2.24) is 14.5 Å². The second-order valence-electron chi connectivity index (χ2n) is 4.39. The van der Waals surface area contributed by atoms with Crippen LogP contribution in [0.5, 0.6) is 5.75 Å². The Morgan fingerprint density at radius 3 is 3.00 bits per heavy atom.